The quantitative estimate of drug-likeness (QED) is 0.788. The minimum atomic E-state index is -2.92. The average Bonchev–Trinajstić information content (AvgIpc) is 2.52. The summed E-state index contributed by atoms with van der Waals surface area (Å²) in [6, 6.07) is 4.76. The van der Waals surface area contributed by atoms with Gasteiger partial charge in [0.2, 0.25) is 5.56 Å². The van der Waals surface area contributed by atoms with Crippen molar-refractivity contribution in [2.45, 2.75) is 31.8 Å². The third kappa shape index (κ3) is 5.09. The van der Waals surface area contributed by atoms with Crippen molar-refractivity contribution in [2.24, 2.45) is 0 Å². The maximum absolute atomic E-state index is 12.1. The first-order chi connectivity index (χ1) is 10.9. The van der Waals surface area contributed by atoms with Crippen LogP contribution in [0.2, 0.25) is 0 Å². The molecule has 0 unspecified atom stereocenters. The van der Waals surface area contributed by atoms with Crippen LogP contribution in [-0.4, -0.2) is 55.1 Å². The summed E-state index contributed by atoms with van der Waals surface area (Å²) in [6.45, 7) is 1.01. The standard InChI is InChI=1S/C15H23N3O4S/c1-17(13-6-11-23(21,22)12-7-13)15(20)16-8-4-10-18-9-3-2-5-14(18)19/h2-3,5,9,13H,4,6-8,10-12H2,1H3,(H,16,20). The summed E-state index contributed by atoms with van der Waals surface area (Å²) in [5, 5.41) is 2.81. The Morgan fingerprint density at radius 3 is 2.70 bits per heavy atom. The van der Waals surface area contributed by atoms with Crippen molar-refractivity contribution < 1.29 is 13.2 Å². The van der Waals surface area contributed by atoms with Crippen LogP contribution in [0.1, 0.15) is 19.3 Å². The highest BCUT2D eigenvalue weighted by atomic mass is 32.2. The van der Waals surface area contributed by atoms with E-state index in [-0.39, 0.29) is 29.1 Å². The van der Waals surface area contributed by atoms with E-state index in [0.717, 1.165) is 0 Å². The molecule has 0 bridgehead atoms. The highest BCUT2D eigenvalue weighted by molar-refractivity contribution is 7.91. The number of carbonyl (C=O) groups excluding carboxylic acids is 1. The molecule has 0 radical (unpaired) electrons. The molecular formula is C15H23N3O4S. The van der Waals surface area contributed by atoms with Gasteiger partial charge in [-0.3, -0.25) is 4.79 Å². The van der Waals surface area contributed by atoms with Crippen LogP contribution in [0.5, 0.6) is 0 Å². The summed E-state index contributed by atoms with van der Waals surface area (Å²) in [5.74, 6) is 0.290. The van der Waals surface area contributed by atoms with E-state index in [0.29, 0.717) is 32.4 Å². The van der Waals surface area contributed by atoms with Gasteiger partial charge in [0.15, 0.2) is 0 Å². The van der Waals surface area contributed by atoms with Crippen LogP contribution in [0.25, 0.3) is 0 Å². The predicted molar refractivity (Wildman–Crippen MR) is 88.2 cm³/mol. The first kappa shape index (κ1) is 17.5. The Balaban J connectivity index is 1.72. The van der Waals surface area contributed by atoms with Crippen molar-refractivity contribution in [3.63, 3.8) is 0 Å². The number of hydrogen-bond acceptors (Lipinski definition) is 4. The second-order valence-corrected chi connectivity index (χ2v) is 8.12. The summed E-state index contributed by atoms with van der Waals surface area (Å²) in [5.41, 5.74) is -0.0561. The topological polar surface area (TPSA) is 88.5 Å². The number of carbonyl (C=O) groups is 1. The Labute approximate surface area is 136 Å². The predicted octanol–water partition coefficient (Wildman–Crippen LogP) is 0.457. The summed E-state index contributed by atoms with van der Waals surface area (Å²) >= 11 is 0. The maximum Gasteiger partial charge on any atom is 0.317 e. The molecule has 2 rings (SSSR count). The van der Waals surface area contributed by atoms with E-state index in [2.05, 4.69) is 5.32 Å². The van der Waals surface area contributed by atoms with Gasteiger partial charge in [0.05, 0.1) is 11.5 Å². The fourth-order valence-electron chi connectivity index (χ4n) is 2.65. The van der Waals surface area contributed by atoms with Crippen LogP contribution in [-0.2, 0) is 16.4 Å². The highest BCUT2D eigenvalue weighted by Crippen LogP contribution is 2.16. The molecule has 2 amide bonds. The molecule has 0 atom stereocenters. The number of rotatable bonds is 5. The monoisotopic (exact) mass is 341 g/mol. The van der Waals surface area contributed by atoms with Gasteiger partial charge in [0, 0.05) is 38.4 Å². The molecule has 1 fully saturated rings. The molecule has 1 N–H and O–H groups in total. The second kappa shape index (κ2) is 7.63. The fraction of sp³-hybridized carbons (Fsp3) is 0.600. The van der Waals surface area contributed by atoms with Crippen LogP contribution < -0.4 is 10.9 Å². The van der Waals surface area contributed by atoms with E-state index in [1.807, 2.05) is 0 Å². The summed E-state index contributed by atoms with van der Waals surface area (Å²) in [4.78, 5) is 25.2. The normalized spacial score (nSPS) is 17.6. The molecule has 2 heterocycles. The van der Waals surface area contributed by atoms with E-state index in [1.165, 1.54) is 6.07 Å². The number of nitrogens with zero attached hydrogens (tertiary/aromatic N) is 2. The molecule has 23 heavy (non-hydrogen) atoms. The van der Waals surface area contributed by atoms with Gasteiger partial charge in [-0.2, -0.15) is 0 Å². The zero-order valence-electron chi connectivity index (χ0n) is 13.3. The lowest BCUT2D eigenvalue weighted by atomic mass is 10.1. The lowest BCUT2D eigenvalue weighted by Gasteiger charge is -2.31. The fourth-order valence-corrected chi connectivity index (χ4v) is 4.11. The second-order valence-electron chi connectivity index (χ2n) is 5.81. The Morgan fingerprint density at radius 2 is 2.04 bits per heavy atom. The number of amides is 2. The van der Waals surface area contributed by atoms with Crippen LogP contribution in [0.3, 0.4) is 0 Å². The van der Waals surface area contributed by atoms with Crippen molar-refractivity contribution in [3.8, 4) is 0 Å². The number of aromatic nitrogens is 1. The van der Waals surface area contributed by atoms with Gasteiger partial charge in [0.25, 0.3) is 0 Å². The molecule has 0 aromatic carbocycles. The van der Waals surface area contributed by atoms with Crippen molar-refractivity contribution in [2.75, 3.05) is 25.1 Å². The minimum Gasteiger partial charge on any atom is -0.338 e. The van der Waals surface area contributed by atoms with E-state index in [1.54, 1.807) is 34.8 Å². The van der Waals surface area contributed by atoms with Crippen molar-refractivity contribution >= 4 is 15.9 Å². The van der Waals surface area contributed by atoms with Crippen LogP contribution >= 0.6 is 0 Å². The highest BCUT2D eigenvalue weighted by Gasteiger charge is 2.28. The molecular weight excluding hydrogens is 318 g/mol. The lowest BCUT2D eigenvalue weighted by molar-refractivity contribution is 0.185. The molecule has 1 aliphatic heterocycles. The molecule has 7 nitrogen and oxygen atoms in total. The maximum atomic E-state index is 12.1. The average molecular weight is 341 g/mol. The number of pyridine rings is 1. The van der Waals surface area contributed by atoms with Gasteiger partial charge in [-0.25, -0.2) is 13.2 Å². The zero-order valence-corrected chi connectivity index (χ0v) is 14.1. The Kier molecular flexibility index (Phi) is 5.81. The number of hydrogen-bond donors (Lipinski definition) is 1. The van der Waals surface area contributed by atoms with Crippen molar-refractivity contribution in [1.82, 2.24) is 14.8 Å². The van der Waals surface area contributed by atoms with Crippen LogP contribution in [0, 0.1) is 0 Å². The number of urea groups is 1. The number of sulfone groups is 1. The zero-order chi connectivity index (χ0) is 16.9. The molecule has 1 aromatic heterocycles. The van der Waals surface area contributed by atoms with Gasteiger partial charge in [-0.15, -0.1) is 0 Å². The van der Waals surface area contributed by atoms with Gasteiger partial charge >= 0.3 is 6.03 Å². The molecule has 1 aromatic rings. The van der Waals surface area contributed by atoms with E-state index < -0.39 is 9.84 Å². The van der Waals surface area contributed by atoms with E-state index >= 15 is 0 Å². The summed E-state index contributed by atoms with van der Waals surface area (Å²) in [6.07, 6.45) is 3.36. The third-order valence-electron chi connectivity index (χ3n) is 4.14. The van der Waals surface area contributed by atoms with Gasteiger partial charge < -0.3 is 14.8 Å². The van der Waals surface area contributed by atoms with Crippen molar-refractivity contribution in [3.05, 3.63) is 34.7 Å². The Morgan fingerprint density at radius 1 is 1.35 bits per heavy atom. The molecule has 0 spiro atoms. The molecule has 8 heteroatoms. The van der Waals surface area contributed by atoms with Crippen LogP contribution in [0.4, 0.5) is 4.79 Å². The molecule has 0 saturated carbocycles. The number of aryl methyl sites for hydroxylation is 1. The summed E-state index contributed by atoms with van der Waals surface area (Å²) in [7, 11) is -1.23. The van der Waals surface area contributed by atoms with Crippen molar-refractivity contribution in [1.29, 1.82) is 0 Å². The molecule has 0 aliphatic carbocycles. The first-order valence-corrected chi connectivity index (χ1v) is 9.58. The Hall–Kier alpha value is -1.83. The van der Waals surface area contributed by atoms with E-state index in [9.17, 15) is 18.0 Å². The van der Waals surface area contributed by atoms with Gasteiger partial charge in [0.1, 0.15) is 9.84 Å². The Bertz CT molecular complexity index is 685. The van der Waals surface area contributed by atoms with Crippen LogP contribution in [0.15, 0.2) is 29.2 Å². The first-order valence-electron chi connectivity index (χ1n) is 7.75. The number of nitrogens with one attached hydrogen (secondary N) is 1. The lowest BCUT2D eigenvalue weighted by Crippen LogP contribution is -2.47. The molecule has 128 valence electrons. The molecule has 1 aliphatic rings. The van der Waals surface area contributed by atoms with E-state index in [4.69, 9.17) is 0 Å². The van der Waals surface area contributed by atoms with Gasteiger partial charge in [-0.05, 0) is 25.3 Å². The van der Waals surface area contributed by atoms with Gasteiger partial charge in [-0.1, -0.05) is 6.07 Å². The summed E-state index contributed by atoms with van der Waals surface area (Å²) < 4.78 is 24.4. The minimum absolute atomic E-state index is 0.0322. The SMILES string of the molecule is CN(C(=O)NCCCn1ccccc1=O)C1CCS(=O)(=O)CC1. The molecule has 1 saturated heterocycles. The smallest absolute Gasteiger partial charge is 0.317 e. The third-order valence-corrected chi connectivity index (χ3v) is 5.86. The largest absolute Gasteiger partial charge is 0.338 e.